The molecule has 0 saturated heterocycles. The molecule has 1 atom stereocenters. The highest BCUT2D eigenvalue weighted by Gasteiger charge is 2.25. The number of fused-ring (bicyclic) bond motifs is 2. The van der Waals surface area contributed by atoms with Crippen LogP contribution in [0.5, 0.6) is 0 Å². The molecule has 7 heteroatoms. The van der Waals surface area contributed by atoms with E-state index in [-0.39, 0.29) is 11.9 Å². The van der Waals surface area contributed by atoms with Crippen LogP contribution >= 0.6 is 0 Å². The van der Waals surface area contributed by atoms with E-state index in [2.05, 4.69) is 38.3 Å². The van der Waals surface area contributed by atoms with E-state index in [0.29, 0.717) is 24.2 Å². The number of hydrogen-bond donors (Lipinski definition) is 2. The predicted molar refractivity (Wildman–Crippen MR) is 128 cm³/mol. The summed E-state index contributed by atoms with van der Waals surface area (Å²) in [5, 5.41) is 3.01. The van der Waals surface area contributed by atoms with Crippen molar-refractivity contribution in [1.82, 2.24) is 30.2 Å². The monoisotopic (exact) mass is 440 g/mol. The van der Waals surface area contributed by atoms with Gasteiger partial charge in [-0.25, -0.2) is 4.98 Å². The Morgan fingerprint density at radius 3 is 2.97 bits per heavy atom. The largest absolute Gasteiger partial charge is 0.352 e. The molecular formula is C26H28N6O. The number of benzene rings is 1. The fourth-order valence-corrected chi connectivity index (χ4v) is 4.66. The molecule has 4 aromatic rings. The van der Waals surface area contributed by atoms with Crippen LogP contribution in [0.4, 0.5) is 0 Å². The van der Waals surface area contributed by atoms with Crippen molar-refractivity contribution >= 4 is 16.9 Å². The molecule has 0 bridgehead atoms. The third-order valence-corrected chi connectivity index (χ3v) is 6.33. The number of amides is 1. The molecule has 2 N–H and O–H groups in total. The zero-order chi connectivity index (χ0) is 22.6. The van der Waals surface area contributed by atoms with Gasteiger partial charge in [-0.3, -0.25) is 19.7 Å². The molecule has 0 radical (unpaired) electrons. The summed E-state index contributed by atoms with van der Waals surface area (Å²) in [7, 11) is 2.12. The summed E-state index contributed by atoms with van der Waals surface area (Å²) in [5.74, 6) is 0.743. The summed E-state index contributed by atoms with van der Waals surface area (Å²) < 4.78 is 0. The van der Waals surface area contributed by atoms with Crippen LogP contribution in [0.2, 0.25) is 0 Å². The molecule has 7 nitrogen and oxygen atoms in total. The zero-order valence-electron chi connectivity index (χ0n) is 18.8. The fourth-order valence-electron chi connectivity index (χ4n) is 4.66. The van der Waals surface area contributed by atoms with Crippen LogP contribution in [0.15, 0.2) is 61.1 Å². The number of hydrogen-bond acceptors (Lipinski definition) is 5. The van der Waals surface area contributed by atoms with Crippen molar-refractivity contribution < 1.29 is 4.79 Å². The first kappa shape index (κ1) is 21.3. The Morgan fingerprint density at radius 2 is 2.09 bits per heavy atom. The first-order valence-corrected chi connectivity index (χ1v) is 11.5. The third-order valence-electron chi connectivity index (χ3n) is 6.33. The van der Waals surface area contributed by atoms with E-state index in [0.717, 1.165) is 42.6 Å². The van der Waals surface area contributed by atoms with Crippen molar-refractivity contribution in [2.75, 3.05) is 13.6 Å². The number of rotatable bonds is 7. The quantitative estimate of drug-likeness (QED) is 0.456. The Balaban J connectivity index is 1.29. The van der Waals surface area contributed by atoms with Gasteiger partial charge in [0.05, 0.1) is 29.4 Å². The number of pyridine rings is 2. The van der Waals surface area contributed by atoms with E-state index in [1.165, 1.54) is 11.3 Å². The highest BCUT2D eigenvalue weighted by Crippen LogP contribution is 2.32. The molecule has 0 saturated carbocycles. The molecule has 3 heterocycles. The number of nitrogens with one attached hydrogen (secondary N) is 2. The molecule has 1 aliphatic carbocycles. The lowest BCUT2D eigenvalue weighted by molar-refractivity contribution is 0.0955. The van der Waals surface area contributed by atoms with Crippen LogP contribution in [0.25, 0.3) is 11.0 Å². The second-order valence-electron chi connectivity index (χ2n) is 8.62. The lowest BCUT2D eigenvalue weighted by atomic mass is 9.91. The van der Waals surface area contributed by atoms with Gasteiger partial charge in [-0.05, 0) is 68.1 Å². The van der Waals surface area contributed by atoms with Gasteiger partial charge >= 0.3 is 0 Å². The van der Waals surface area contributed by atoms with Gasteiger partial charge in [-0.15, -0.1) is 0 Å². The Labute approximate surface area is 193 Å². The summed E-state index contributed by atoms with van der Waals surface area (Å²) in [6.45, 7) is 1.21. The smallest absolute Gasteiger partial charge is 0.253 e. The summed E-state index contributed by atoms with van der Waals surface area (Å²) in [6.07, 6.45) is 9.54. The number of aryl methyl sites for hydroxylation is 1. The van der Waals surface area contributed by atoms with E-state index >= 15 is 0 Å². The van der Waals surface area contributed by atoms with Crippen LogP contribution in [0, 0.1) is 0 Å². The average molecular weight is 441 g/mol. The van der Waals surface area contributed by atoms with Gasteiger partial charge < -0.3 is 10.3 Å². The Kier molecular flexibility index (Phi) is 6.13. The Morgan fingerprint density at radius 1 is 1.18 bits per heavy atom. The molecule has 168 valence electrons. The van der Waals surface area contributed by atoms with E-state index in [9.17, 15) is 4.79 Å². The number of carbonyl (C=O) groups is 1. The van der Waals surface area contributed by atoms with Crippen molar-refractivity contribution in [3.05, 3.63) is 89.3 Å². The highest BCUT2D eigenvalue weighted by atomic mass is 16.1. The molecule has 3 aromatic heterocycles. The number of aromatic amines is 1. The van der Waals surface area contributed by atoms with E-state index in [1.807, 2.05) is 48.8 Å². The Bertz CT molecular complexity index is 1250. The molecule has 1 unspecified atom stereocenters. The summed E-state index contributed by atoms with van der Waals surface area (Å²) >= 11 is 0. The van der Waals surface area contributed by atoms with Crippen molar-refractivity contribution in [3.8, 4) is 0 Å². The second kappa shape index (κ2) is 9.50. The van der Waals surface area contributed by atoms with Gasteiger partial charge in [0.25, 0.3) is 5.91 Å². The van der Waals surface area contributed by atoms with E-state index in [4.69, 9.17) is 4.98 Å². The fraction of sp³-hybridized carbons (Fsp3) is 0.308. The molecule has 1 aromatic carbocycles. The minimum Gasteiger partial charge on any atom is -0.352 e. The summed E-state index contributed by atoms with van der Waals surface area (Å²) in [4.78, 5) is 32.2. The molecule has 33 heavy (non-hydrogen) atoms. The van der Waals surface area contributed by atoms with Crippen molar-refractivity contribution in [2.24, 2.45) is 0 Å². The summed E-state index contributed by atoms with van der Waals surface area (Å²) in [5.41, 5.74) is 5.79. The predicted octanol–water partition coefficient (Wildman–Crippen LogP) is 3.83. The average Bonchev–Trinajstić information content (AvgIpc) is 3.26. The van der Waals surface area contributed by atoms with Crippen LogP contribution in [-0.2, 0) is 19.4 Å². The van der Waals surface area contributed by atoms with Gasteiger partial charge in [0.1, 0.15) is 11.3 Å². The maximum absolute atomic E-state index is 12.9. The van der Waals surface area contributed by atoms with E-state index < -0.39 is 0 Å². The number of para-hydroxylation sites is 1. The van der Waals surface area contributed by atoms with Gasteiger partial charge in [0, 0.05) is 25.1 Å². The number of imidazole rings is 1. The van der Waals surface area contributed by atoms with Gasteiger partial charge in [-0.1, -0.05) is 18.2 Å². The normalized spacial score (nSPS) is 15.5. The first-order valence-electron chi connectivity index (χ1n) is 11.5. The minimum atomic E-state index is -0.110. The third kappa shape index (κ3) is 4.64. The molecule has 1 aliphatic rings. The van der Waals surface area contributed by atoms with Crippen LogP contribution in [0.1, 0.15) is 51.9 Å². The van der Waals surface area contributed by atoms with Gasteiger partial charge in [0.15, 0.2) is 0 Å². The molecule has 1 amide bonds. The minimum absolute atomic E-state index is 0.110. The SMILES string of the molecule is CN(Cc1nc2c(C(=O)NCCc3cccnc3)cccc2[nH]1)C1CCCc2cccnc21. The van der Waals surface area contributed by atoms with Crippen molar-refractivity contribution in [3.63, 3.8) is 0 Å². The number of carbonyl (C=O) groups excluding carboxylic acids is 1. The number of nitrogens with zero attached hydrogens (tertiary/aromatic N) is 4. The van der Waals surface area contributed by atoms with Crippen molar-refractivity contribution in [2.45, 2.75) is 38.3 Å². The van der Waals surface area contributed by atoms with Crippen molar-refractivity contribution in [1.29, 1.82) is 0 Å². The molecule has 0 spiro atoms. The lowest BCUT2D eigenvalue weighted by Crippen LogP contribution is -2.28. The van der Waals surface area contributed by atoms with Gasteiger partial charge in [0.2, 0.25) is 0 Å². The molecular weight excluding hydrogens is 412 g/mol. The topological polar surface area (TPSA) is 86.8 Å². The zero-order valence-corrected chi connectivity index (χ0v) is 18.8. The second-order valence-corrected chi connectivity index (χ2v) is 8.62. The van der Waals surface area contributed by atoms with Gasteiger partial charge in [-0.2, -0.15) is 0 Å². The summed E-state index contributed by atoms with van der Waals surface area (Å²) in [6, 6.07) is 14.1. The maximum atomic E-state index is 12.9. The maximum Gasteiger partial charge on any atom is 0.253 e. The van der Waals surface area contributed by atoms with Crippen LogP contribution in [-0.4, -0.2) is 44.3 Å². The standard InChI is InChI=1S/C26H28N6O/c1-32(22-11-2-7-19-8-5-14-28-24(19)22)17-23-30-21-10-3-9-20(25(21)31-23)26(33)29-15-12-18-6-4-13-27-16-18/h3-6,8-10,13-14,16,22H,2,7,11-12,15,17H2,1H3,(H,29,33)(H,30,31). The van der Waals surface area contributed by atoms with Crippen LogP contribution < -0.4 is 5.32 Å². The number of aromatic nitrogens is 4. The molecule has 0 aliphatic heterocycles. The molecule has 5 rings (SSSR count). The van der Waals surface area contributed by atoms with E-state index in [1.54, 1.807) is 6.20 Å². The van der Waals surface area contributed by atoms with Crippen LogP contribution in [0.3, 0.4) is 0 Å². The Hall–Kier alpha value is -3.58. The molecule has 0 fully saturated rings. The lowest BCUT2D eigenvalue weighted by Gasteiger charge is -2.31. The number of H-pyrrole nitrogens is 1. The first-order chi connectivity index (χ1) is 16.2. The highest BCUT2D eigenvalue weighted by molar-refractivity contribution is 6.04.